The molecule has 0 unspecified atom stereocenters. The van der Waals surface area contributed by atoms with E-state index in [0.29, 0.717) is 16.2 Å². The number of benzene rings is 1. The van der Waals surface area contributed by atoms with E-state index in [0.717, 1.165) is 22.1 Å². The van der Waals surface area contributed by atoms with Gasteiger partial charge in [-0.05, 0) is 36.4 Å². The second kappa shape index (κ2) is 9.10. The number of urea groups is 1. The SMILES string of the molecule is CNc1cc2[nH]c(=O)n(-c3ccc(NC(=O)NS(=O)(=O)c4ccc(Cl)s4)cn3)c(=O)c2cc1Cl. The van der Waals surface area contributed by atoms with Crippen LogP contribution in [0.4, 0.5) is 16.2 Å². The molecule has 15 heteroatoms. The molecule has 0 fully saturated rings. The van der Waals surface area contributed by atoms with Crippen LogP contribution in [0.25, 0.3) is 16.7 Å². The Morgan fingerprint density at radius 3 is 2.53 bits per heavy atom. The normalized spacial score (nSPS) is 11.4. The molecule has 4 aromatic rings. The van der Waals surface area contributed by atoms with Gasteiger partial charge in [-0.25, -0.2) is 32.3 Å². The van der Waals surface area contributed by atoms with Crippen molar-refractivity contribution in [3.05, 3.63) is 72.8 Å². The number of sulfonamides is 1. The van der Waals surface area contributed by atoms with E-state index in [4.69, 9.17) is 23.2 Å². The number of aromatic amines is 1. The molecular weight excluding hydrogens is 527 g/mol. The number of halogens is 2. The fourth-order valence-corrected chi connectivity index (χ4v) is 5.65. The van der Waals surface area contributed by atoms with Crippen molar-refractivity contribution in [2.24, 2.45) is 0 Å². The molecule has 11 nitrogen and oxygen atoms in total. The van der Waals surface area contributed by atoms with Crippen molar-refractivity contribution in [2.45, 2.75) is 4.21 Å². The Bertz CT molecular complexity index is 1640. The van der Waals surface area contributed by atoms with E-state index in [9.17, 15) is 22.8 Å². The summed E-state index contributed by atoms with van der Waals surface area (Å²) in [6, 6.07) is 7.27. The number of rotatable bonds is 5. The fourth-order valence-electron chi connectivity index (χ4n) is 3.00. The number of thiophene rings is 1. The van der Waals surface area contributed by atoms with E-state index in [1.807, 2.05) is 4.72 Å². The molecule has 1 aromatic carbocycles. The minimum Gasteiger partial charge on any atom is -0.387 e. The summed E-state index contributed by atoms with van der Waals surface area (Å²) >= 11 is 12.7. The fraction of sp³-hybridized carbons (Fsp3) is 0.0526. The minimum atomic E-state index is -4.11. The molecule has 0 aliphatic heterocycles. The molecular formula is C19H14Cl2N6O5S2. The smallest absolute Gasteiger partial charge is 0.334 e. The Labute approximate surface area is 205 Å². The van der Waals surface area contributed by atoms with Crippen LogP contribution < -0.4 is 26.6 Å². The van der Waals surface area contributed by atoms with Crippen molar-refractivity contribution in [3.8, 4) is 5.82 Å². The van der Waals surface area contributed by atoms with Crippen molar-refractivity contribution in [1.29, 1.82) is 0 Å². The summed E-state index contributed by atoms with van der Waals surface area (Å²) in [6.07, 6.45) is 1.16. The average Bonchev–Trinajstić information content (AvgIpc) is 3.22. The number of H-pyrrole nitrogens is 1. The third-order valence-corrected chi connectivity index (χ3v) is 7.90. The number of nitrogens with one attached hydrogen (secondary N) is 4. The van der Waals surface area contributed by atoms with Gasteiger partial charge in [0.05, 0.1) is 37.8 Å². The van der Waals surface area contributed by atoms with E-state index in [2.05, 4.69) is 20.6 Å². The van der Waals surface area contributed by atoms with E-state index in [1.54, 1.807) is 13.1 Å². The maximum absolute atomic E-state index is 12.9. The number of pyridine rings is 1. The number of hydrogen-bond donors (Lipinski definition) is 4. The Morgan fingerprint density at radius 1 is 1.15 bits per heavy atom. The lowest BCUT2D eigenvalue weighted by molar-refractivity contribution is 0.256. The molecule has 0 saturated heterocycles. The van der Waals surface area contributed by atoms with E-state index < -0.39 is 27.3 Å². The highest BCUT2D eigenvalue weighted by Crippen LogP contribution is 2.26. The van der Waals surface area contributed by atoms with E-state index in [1.165, 1.54) is 30.3 Å². The number of aromatic nitrogens is 3. The summed E-state index contributed by atoms with van der Waals surface area (Å²) in [6.45, 7) is 0. The third kappa shape index (κ3) is 4.63. The average molecular weight is 541 g/mol. The number of carbonyl (C=O) groups is 1. The molecule has 0 aliphatic carbocycles. The number of amides is 2. The molecule has 0 aliphatic rings. The van der Waals surface area contributed by atoms with Gasteiger partial charge in [0.1, 0.15) is 10.0 Å². The Kier molecular flexibility index (Phi) is 6.36. The van der Waals surface area contributed by atoms with Crippen LogP contribution in [-0.2, 0) is 10.0 Å². The van der Waals surface area contributed by atoms with Gasteiger partial charge in [-0.15, -0.1) is 11.3 Å². The standard InChI is InChI=1S/C19H14Cl2N6O5S2/c1-22-13-7-12-10(6-11(13)20)17(28)27(19(30)25-12)15-4-2-9(8-23-15)24-18(29)26-34(31,32)16-5-3-14(21)33-16/h2-8,22H,1H3,(H,25,30)(H2,24,26,29). The Morgan fingerprint density at radius 2 is 1.91 bits per heavy atom. The maximum atomic E-state index is 12.9. The zero-order valence-electron chi connectivity index (χ0n) is 17.0. The van der Waals surface area contributed by atoms with Crippen LogP contribution in [0.2, 0.25) is 9.36 Å². The first-order chi connectivity index (χ1) is 16.1. The zero-order chi connectivity index (χ0) is 24.6. The third-order valence-electron chi connectivity index (χ3n) is 4.53. The van der Waals surface area contributed by atoms with Crippen LogP contribution in [0, 0.1) is 0 Å². The van der Waals surface area contributed by atoms with Gasteiger partial charge in [-0.3, -0.25) is 4.79 Å². The Balaban J connectivity index is 1.58. The van der Waals surface area contributed by atoms with E-state index in [-0.39, 0.29) is 25.4 Å². The van der Waals surface area contributed by atoms with Crippen LogP contribution in [0.5, 0.6) is 0 Å². The van der Waals surface area contributed by atoms with Crippen LogP contribution in [0.3, 0.4) is 0 Å². The molecule has 176 valence electrons. The van der Waals surface area contributed by atoms with Crippen molar-refractivity contribution in [2.75, 3.05) is 17.7 Å². The van der Waals surface area contributed by atoms with Gasteiger partial charge >= 0.3 is 11.7 Å². The minimum absolute atomic E-state index is 0.0197. The molecule has 4 N–H and O–H groups in total. The maximum Gasteiger partial charge on any atom is 0.334 e. The number of fused-ring (bicyclic) bond motifs is 1. The van der Waals surface area contributed by atoms with Crippen molar-refractivity contribution >= 4 is 72.9 Å². The molecule has 2 amide bonds. The first-order valence-corrected chi connectivity index (χ1v) is 12.4. The summed E-state index contributed by atoms with van der Waals surface area (Å²) in [7, 11) is -2.45. The first kappa shape index (κ1) is 23.8. The number of nitrogens with zero attached hydrogens (tertiary/aromatic N) is 2. The molecule has 0 spiro atoms. The monoisotopic (exact) mass is 540 g/mol. The quantitative estimate of drug-likeness (QED) is 0.303. The highest BCUT2D eigenvalue weighted by Gasteiger charge is 2.20. The molecule has 3 heterocycles. The summed E-state index contributed by atoms with van der Waals surface area (Å²) in [5, 5.41) is 5.64. The van der Waals surface area contributed by atoms with Crippen LogP contribution in [-0.4, -0.2) is 36.0 Å². The predicted molar refractivity (Wildman–Crippen MR) is 131 cm³/mol. The molecule has 0 radical (unpaired) electrons. The van der Waals surface area contributed by atoms with E-state index >= 15 is 0 Å². The predicted octanol–water partition coefficient (Wildman–Crippen LogP) is 2.99. The Hall–Kier alpha value is -3.39. The molecule has 0 saturated carbocycles. The molecule has 0 atom stereocenters. The lowest BCUT2D eigenvalue weighted by atomic mass is 10.2. The van der Waals surface area contributed by atoms with Gasteiger partial charge in [0.2, 0.25) is 0 Å². The van der Waals surface area contributed by atoms with Gasteiger partial charge in [-0.1, -0.05) is 23.2 Å². The largest absolute Gasteiger partial charge is 0.387 e. The molecule has 3 aromatic heterocycles. The topological polar surface area (TPSA) is 155 Å². The summed E-state index contributed by atoms with van der Waals surface area (Å²) in [4.78, 5) is 44.2. The van der Waals surface area contributed by atoms with Gasteiger partial charge < -0.3 is 15.6 Å². The van der Waals surface area contributed by atoms with Crippen molar-refractivity contribution in [1.82, 2.24) is 19.3 Å². The van der Waals surface area contributed by atoms with Gasteiger partial charge in [0.15, 0.2) is 0 Å². The van der Waals surface area contributed by atoms with Crippen LogP contribution >= 0.6 is 34.5 Å². The molecule has 4 rings (SSSR count). The summed E-state index contributed by atoms with van der Waals surface area (Å²) in [5.41, 5.74) is -0.419. The zero-order valence-corrected chi connectivity index (χ0v) is 20.2. The lowest BCUT2D eigenvalue weighted by Crippen LogP contribution is -2.35. The second-order valence-corrected chi connectivity index (χ2v) is 10.8. The highest BCUT2D eigenvalue weighted by molar-refractivity contribution is 7.92. The van der Waals surface area contributed by atoms with Crippen molar-refractivity contribution in [3.63, 3.8) is 0 Å². The molecule has 34 heavy (non-hydrogen) atoms. The molecule has 0 bridgehead atoms. The number of carbonyl (C=O) groups excluding carboxylic acids is 1. The van der Waals surface area contributed by atoms with Gasteiger partial charge in [-0.2, -0.15) is 0 Å². The second-order valence-electron chi connectivity index (χ2n) is 6.72. The van der Waals surface area contributed by atoms with Crippen LogP contribution in [0.1, 0.15) is 0 Å². The van der Waals surface area contributed by atoms with Crippen LogP contribution in [0.15, 0.2) is 56.4 Å². The summed E-state index contributed by atoms with van der Waals surface area (Å²) < 4.78 is 27.2. The number of hydrogen-bond acceptors (Lipinski definition) is 8. The van der Waals surface area contributed by atoms with Gasteiger partial charge in [0.25, 0.3) is 15.6 Å². The van der Waals surface area contributed by atoms with Crippen molar-refractivity contribution < 1.29 is 13.2 Å². The first-order valence-electron chi connectivity index (χ1n) is 9.31. The lowest BCUT2D eigenvalue weighted by Gasteiger charge is -2.10. The number of anilines is 2. The summed E-state index contributed by atoms with van der Waals surface area (Å²) in [5.74, 6) is -0.0197. The highest BCUT2D eigenvalue weighted by atomic mass is 35.5. The van der Waals surface area contributed by atoms with Gasteiger partial charge in [0, 0.05) is 7.05 Å².